The monoisotopic (exact) mass is 388 g/mol. The van der Waals surface area contributed by atoms with Crippen molar-refractivity contribution >= 4 is 21.7 Å². The zero-order valence-electron chi connectivity index (χ0n) is 14.8. The van der Waals surface area contributed by atoms with E-state index in [1.54, 1.807) is 0 Å². The fraction of sp³-hybridized carbons (Fsp3) is 0.350. The minimum Gasteiger partial charge on any atom is -0.307 e. The second-order valence-corrected chi connectivity index (χ2v) is 8.90. The zero-order chi connectivity index (χ0) is 19.0. The molecule has 2 aliphatic rings. The number of carbonyl (C=O) groups excluding carboxylic acids is 1. The van der Waals surface area contributed by atoms with Gasteiger partial charge in [0.15, 0.2) is 0 Å². The van der Waals surface area contributed by atoms with Gasteiger partial charge in [-0.05, 0) is 78.5 Å². The number of halogens is 1. The maximum Gasteiger partial charge on any atom is 0.332 e. The molecule has 0 heterocycles. The van der Waals surface area contributed by atoms with Gasteiger partial charge in [0.25, 0.3) is 0 Å². The van der Waals surface area contributed by atoms with Gasteiger partial charge in [-0.1, -0.05) is 18.2 Å². The van der Waals surface area contributed by atoms with Crippen molar-refractivity contribution in [2.75, 3.05) is 5.32 Å². The average Bonchev–Trinajstić information content (AvgIpc) is 3.25. The van der Waals surface area contributed by atoms with E-state index in [0.717, 1.165) is 55.3 Å². The molecule has 7 heteroatoms. The summed E-state index contributed by atoms with van der Waals surface area (Å²) in [5.74, 6) is -0.820. The first-order valence-corrected chi connectivity index (χ1v) is 10.8. The molecule has 0 aliphatic heterocycles. The van der Waals surface area contributed by atoms with E-state index in [1.165, 1.54) is 35.4 Å². The van der Waals surface area contributed by atoms with E-state index in [2.05, 4.69) is 16.1 Å². The molecule has 4 rings (SSSR count). The highest BCUT2D eigenvalue weighted by Gasteiger charge is 2.26. The normalized spacial score (nSPS) is 15.3. The molecule has 2 aliphatic carbocycles. The van der Waals surface area contributed by atoms with Gasteiger partial charge in [-0.25, -0.2) is 22.3 Å². The van der Waals surface area contributed by atoms with Crippen LogP contribution in [0.3, 0.4) is 0 Å². The number of benzene rings is 2. The molecule has 0 saturated heterocycles. The van der Waals surface area contributed by atoms with Gasteiger partial charge < -0.3 is 5.32 Å². The molecule has 2 amide bonds. The van der Waals surface area contributed by atoms with Gasteiger partial charge in [0.05, 0.1) is 5.75 Å². The summed E-state index contributed by atoms with van der Waals surface area (Å²) in [5, 5.41) is 2.80. The van der Waals surface area contributed by atoms with Crippen LogP contribution in [0.2, 0.25) is 0 Å². The van der Waals surface area contributed by atoms with E-state index in [-0.39, 0.29) is 5.75 Å². The number of carbonyl (C=O) groups is 1. The molecule has 0 radical (unpaired) electrons. The first kappa shape index (κ1) is 18.0. The van der Waals surface area contributed by atoms with Crippen LogP contribution in [-0.4, -0.2) is 14.4 Å². The number of nitrogens with one attached hydrogen (secondary N) is 2. The third kappa shape index (κ3) is 3.83. The summed E-state index contributed by atoms with van der Waals surface area (Å²) >= 11 is 0. The Balaban J connectivity index is 1.51. The number of anilines is 1. The highest BCUT2D eigenvalue weighted by molar-refractivity contribution is 7.89. The molecule has 2 aromatic rings. The van der Waals surface area contributed by atoms with Crippen LogP contribution in [0.5, 0.6) is 0 Å². The summed E-state index contributed by atoms with van der Waals surface area (Å²) in [6.45, 7) is 0. The zero-order valence-corrected chi connectivity index (χ0v) is 15.7. The summed E-state index contributed by atoms with van der Waals surface area (Å²) in [6.07, 6.45) is 5.92. The third-order valence-electron chi connectivity index (χ3n) is 5.23. The predicted molar refractivity (Wildman–Crippen MR) is 102 cm³/mol. The van der Waals surface area contributed by atoms with E-state index in [0.29, 0.717) is 5.56 Å². The lowest BCUT2D eigenvalue weighted by molar-refractivity contribution is 0.256. The summed E-state index contributed by atoms with van der Waals surface area (Å²) in [4.78, 5) is 12.4. The van der Waals surface area contributed by atoms with Crippen molar-refractivity contribution in [1.82, 2.24) is 4.72 Å². The Labute approximate surface area is 158 Å². The minimum absolute atomic E-state index is 0.383. The summed E-state index contributed by atoms with van der Waals surface area (Å²) in [7, 11) is -3.88. The van der Waals surface area contributed by atoms with E-state index in [1.807, 2.05) is 0 Å². The van der Waals surface area contributed by atoms with Gasteiger partial charge in [-0.2, -0.15) is 0 Å². The molecule has 2 N–H and O–H groups in total. The molecule has 0 bridgehead atoms. The Hall–Kier alpha value is -2.41. The Morgan fingerprint density at radius 1 is 0.963 bits per heavy atom. The molecule has 27 heavy (non-hydrogen) atoms. The van der Waals surface area contributed by atoms with Gasteiger partial charge in [0, 0.05) is 5.69 Å². The Morgan fingerprint density at radius 2 is 1.56 bits per heavy atom. The molecule has 0 saturated carbocycles. The van der Waals surface area contributed by atoms with E-state index < -0.39 is 21.9 Å². The van der Waals surface area contributed by atoms with Crippen LogP contribution >= 0.6 is 0 Å². The second-order valence-electron chi connectivity index (χ2n) is 7.18. The molecule has 2 aromatic carbocycles. The number of urea groups is 1. The molecule has 0 unspecified atom stereocenters. The minimum atomic E-state index is -3.88. The first-order chi connectivity index (χ1) is 12.9. The highest BCUT2D eigenvalue weighted by atomic mass is 32.2. The highest BCUT2D eigenvalue weighted by Crippen LogP contribution is 2.38. The molecule has 0 fully saturated rings. The van der Waals surface area contributed by atoms with Crippen LogP contribution in [0.25, 0.3) is 0 Å². The lowest BCUT2D eigenvalue weighted by Crippen LogP contribution is -2.35. The maximum absolute atomic E-state index is 13.0. The number of hydrogen-bond donors (Lipinski definition) is 2. The number of fused-ring (bicyclic) bond motifs is 2. The van der Waals surface area contributed by atoms with Crippen molar-refractivity contribution in [3.05, 3.63) is 64.0 Å². The van der Waals surface area contributed by atoms with Gasteiger partial charge in [-0.15, -0.1) is 0 Å². The Bertz CT molecular complexity index is 969. The van der Waals surface area contributed by atoms with Crippen molar-refractivity contribution in [1.29, 1.82) is 0 Å². The van der Waals surface area contributed by atoms with Crippen molar-refractivity contribution in [3.8, 4) is 0 Å². The van der Waals surface area contributed by atoms with Crippen LogP contribution in [0, 0.1) is 5.82 Å². The van der Waals surface area contributed by atoms with Gasteiger partial charge in [0.2, 0.25) is 10.0 Å². The van der Waals surface area contributed by atoms with Crippen molar-refractivity contribution in [2.45, 2.75) is 44.3 Å². The van der Waals surface area contributed by atoms with Crippen LogP contribution in [0.15, 0.2) is 30.3 Å². The van der Waals surface area contributed by atoms with Crippen molar-refractivity contribution in [3.63, 3.8) is 0 Å². The smallest absolute Gasteiger partial charge is 0.307 e. The molecule has 5 nitrogen and oxygen atoms in total. The predicted octanol–water partition coefficient (Wildman–Crippen LogP) is 3.45. The average molecular weight is 388 g/mol. The second kappa shape index (κ2) is 6.96. The van der Waals surface area contributed by atoms with Crippen molar-refractivity contribution in [2.24, 2.45) is 0 Å². The van der Waals surface area contributed by atoms with Gasteiger partial charge in [0.1, 0.15) is 5.82 Å². The lowest BCUT2D eigenvalue weighted by atomic mass is 9.99. The standard InChI is InChI=1S/C20H21FN2O3S/c21-16-9-7-13(8-10-16)12-27(25,26)23-20(24)22-19-17-5-1-3-14(17)11-15-4-2-6-18(15)19/h7-11H,1-6,12H2,(H2,22,23,24). The molecule has 0 spiro atoms. The number of rotatable bonds is 4. The van der Waals surface area contributed by atoms with Gasteiger partial charge in [-0.3, -0.25) is 0 Å². The number of sulfonamides is 1. The maximum atomic E-state index is 13.0. The van der Waals surface area contributed by atoms with Crippen LogP contribution < -0.4 is 10.0 Å². The van der Waals surface area contributed by atoms with Crippen LogP contribution in [0.1, 0.15) is 40.7 Å². The van der Waals surface area contributed by atoms with Crippen LogP contribution in [0.4, 0.5) is 14.9 Å². The summed E-state index contributed by atoms with van der Waals surface area (Å²) in [6, 6.07) is 6.68. The summed E-state index contributed by atoms with van der Waals surface area (Å²) in [5.41, 5.74) is 6.02. The Kier molecular flexibility index (Phi) is 4.63. The van der Waals surface area contributed by atoms with Gasteiger partial charge >= 0.3 is 6.03 Å². The molecular weight excluding hydrogens is 367 g/mol. The third-order valence-corrected chi connectivity index (χ3v) is 6.44. The molecule has 0 aromatic heterocycles. The number of hydrogen-bond acceptors (Lipinski definition) is 3. The largest absolute Gasteiger partial charge is 0.332 e. The number of amides is 2. The lowest BCUT2D eigenvalue weighted by Gasteiger charge is -2.16. The fourth-order valence-electron chi connectivity index (χ4n) is 4.08. The summed E-state index contributed by atoms with van der Waals surface area (Å²) < 4.78 is 39.6. The molecule has 0 atom stereocenters. The van der Waals surface area contributed by atoms with Crippen molar-refractivity contribution < 1.29 is 17.6 Å². The first-order valence-electron chi connectivity index (χ1n) is 9.14. The van der Waals surface area contributed by atoms with Crippen LogP contribution in [-0.2, 0) is 41.5 Å². The Morgan fingerprint density at radius 3 is 2.15 bits per heavy atom. The topological polar surface area (TPSA) is 75.3 Å². The van der Waals surface area contributed by atoms with E-state index >= 15 is 0 Å². The number of aryl methyl sites for hydroxylation is 2. The quantitative estimate of drug-likeness (QED) is 0.842. The van der Waals surface area contributed by atoms with E-state index in [4.69, 9.17) is 0 Å². The fourth-order valence-corrected chi connectivity index (χ4v) is 5.12. The SMILES string of the molecule is O=C(Nc1c2c(cc3c1CCC3)CCC2)NS(=O)(=O)Cc1ccc(F)cc1. The molecule has 142 valence electrons. The molecular formula is C20H21FN2O3S. The van der Waals surface area contributed by atoms with E-state index in [9.17, 15) is 17.6 Å².